The second kappa shape index (κ2) is 7.92. The van der Waals surface area contributed by atoms with Crippen LogP contribution in [0, 0.1) is 6.92 Å². The molecule has 7 heteroatoms. The first-order valence-corrected chi connectivity index (χ1v) is 8.40. The van der Waals surface area contributed by atoms with Crippen LogP contribution in [0.3, 0.4) is 0 Å². The molecular weight excluding hydrogens is 326 g/mol. The molecule has 0 radical (unpaired) electrons. The van der Waals surface area contributed by atoms with Gasteiger partial charge < -0.3 is 15.0 Å². The first-order valence-electron chi connectivity index (χ1n) is 7.58. The number of para-hydroxylation sites is 1. The molecule has 6 nitrogen and oxygen atoms in total. The van der Waals surface area contributed by atoms with Gasteiger partial charge in [0.05, 0.1) is 12.7 Å². The molecule has 0 aliphatic rings. The van der Waals surface area contributed by atoms with Crippen LogP contribution < -0.4 is 10.1 Å². The highest BCUT2D eigenvalue weighted by atomic mass is 32.1. The van der Waals surface area contributed by atoms with E-state index in [1.165, 1.54) is 23.3 Å². The van der Waals surface area contributed by atoms with Gasteiger partial charge >= 0.3 is 0 Å². The smallest absolute Gasteiger partial charge is 0.258 e. The molecule has 0 fully saturated rings. The number of aromatic nitrogens is 1. The number of carbonyl (C=O) groups is 2. The largest absolute Gasteiger partial charge is 0.496 e. The SMILES string of the molecule is COc1ccccc1C(=O)N(CC(=O)Nc1ncc(C)s1)C(C)C. The van der Waals surface area contributed by atoms with E-state index in [9.17, 15) is 9.59 Å². The van der Waals surface area contributed by atoms with Gasteiger partial charge in [-0.2, -0.15) is 0 Å². The molecule has 0 atom stereocenters. The Morgan fingerprint density at radius 3 is 2.62 bits per heavy atom. The van der Waals surface area contributed by atoms with Crippen molar-refractivity contribution in [3.05, 3.63) is 40.9 Å². The topological polar surface area (TPSA) is 71.5 Å². The molecular formula is C17H21N3O3S. The molecule has 128 valence electrons. The van der Waals surface area contributed by atoms with Crippen LogP contribution in [0.5, 0.6) is 5.75 Å². The number of hydrogen-bond acceptors (Lipinski definition) is 5. The second-order valence-corrected chi connectivity index (χ2v) is 6.79. The van der Waals surface area contributed by atoms with Gasteiger partial charge in [-0.1, -0.05) is 12.1 Å². The van der Waals surface area contributed by atoms with Crippen LogP contribution >= 0.6 is 11.3 Å². The van der Waals surface area contributed by atoms with Crippen molar-refractivity contribution in [1.29, 1.82) is 0 Å². The summed E-state index contributed by atoms with van der Waals surface area (Å²) < 4.78 is 5.24. The standard InChI is InChI=1S/C17H21N3O3S/c1-11(2)20(10-15(21)19-17-18-9-12(3)24-17)16(22)13-7-5-6-8-14(13)23-4/h5-9,11H,10H2,1-4H3,(H,18,19,21). The molecule has 0 saturated heterocycles. The molecule has 1 N–H and O–H groups in total. The summed E-state index contributed by atoms with van der Waals surface area (Å²) in [5, 5.41) is 3.26. The van der Waals surface area contributed by atoms with E-state index in [4.69, 9.17) is 4.74 Å². The average Bonchev–Trinajstić information content (AvgIpc) is 2.96. The Morgan fingerprint density at radius 2 is 2.04 bits per heavy atom. The van der Waals surface area contributed by atoms with E-state index in [0.717, 1.165) is 4.88 Å². The van der Waals surface area contributed by atoms with Gasteiger partial charge in [-0.3, -0.25) is 9.59 Å². The first kappa shape index (κ1) is 17.9. The van der Waals surface area contributed by atoms with E-state index < -0.39 is 0 Å². The minimum Gasteiger partial charge on any atom is -0.496 e. The predicted molar refractivity (Wildman–Crippen MR) is 94.6 cm³/mol. The number of nitrogens with zero attached hydrogens (tertiary/aromatic N) is 2. The van der Waals surface area contributed by atoms with Gasteiger partial charge in [-0.25, -0.2) is 4.98 Å². The lowest BCUT2D eigenvalue weighted by molar-refractivity contribution is -0.117. The van der Waals surface area contributed by atoms with Crippen molar-refractivity contribution in [1.82, 2.24) is 9.88 Å². The number of ether oxygens (including phenoxy) is 1. The number of rotatable bonds is 6. The zero-order chi connectivity index (χ0) is 17.7. The van der Waals surface area contributed by atoms with Gasteiger partial charge in [0, 0.05) is 17.1 Å². The molecule has 0 spiro atoms. The summed E-state index contributed by atoms with van der Waals surface area (Å²) in [5.41, 5.74) is 0.437. The van der Waals surface area contributed by atoms with Crippen LogP contribution in [0.1, 0.15) is 29.1 Å². The third kappa shape index (κ3) is 4.32. The normalized spacial score (nSPS) is 10.5. The van der Waals surface area contributed by atoms with Crippen molar-refractivity contribution in [2.45, 2.75) is 26.8 Å². The van der Waals surface area contributed by atoms with Crippen molar-refractivity contribution in [2.24, 2.45) is 0 Å². The molecule has 1 aromatic carbocycles. The maximum atomic E-state index is 12.8. The summed E-state index contributed by atoms with van der Waals surface area (Å²) in [6.45, 7) is 5.61. The molecule has 2 aromatic rings. The Balaban J connectivity index is 2.13. The Morgan fingerprint density at radius 1 is 1.33 bits per heavy atom. The molecule has 24 heavy (non-hydrogen) atoms. The molecule has 0 bridgehead atoms. The molecule has 1 aromatic heterocycles. The number of nitrogens with one attached hydrogen (secondary N) is 1. The van der Waals surface area contributed by atoms with E-state index in [-0.39, 0.29) is 24.4 Å². The fourth-order valence-corrected chi connectivity index (χ4v) is 2.87. The van der Waals surface area contributed by atoms with Crippen LogP contribution in [0.25, 0.3) is 0 Å². The van der Waals surface area contributed by atoms with Gasteiger partial charge in [0.15, 0.2) is 5.13 Å². The first-order chi connectivity index (χ1) is 11.4. The fourth-order valence-electron chi connectivity index (χ4n) is 2.19. The van der Waals surface area contributed by atoms with Crippen molar-refractivity contribution < 1.29 is 14.3 Å². The van der Waals surface area contributed by atoms with Crippen LogP contribution in [0.4, 0.5) is 5.13 Å². The minimum atomic E-state index is -0.277. The number of amides is 2. The van der Waals surface area contributed by atoms with Crippen molar-refractivity contribution in [2.75, 3.05) is 19.0 Å². The molecule has 0 aliphatic carbocycles. The highest BCUT2D eigenvalue weighted by Crippen LogP contribution is 2.21. The Kier molecular flexibility index (Phi) is 5.92. The molecule has 2 rings (SSSR count). The van der Waals surface area contributed by atoms with Gasteiger partial charge in [-0.15, -0.1) is 11.3 Å². The summed E-state index contributed by atoms with van der Waals surface area (Å²) in [4.78, 5) is 31.7. The third-order valence-corrected chi connectivity index (χ3v) is 4.23. The highest BCUT2D eigenvalue weighted by molar-refractivity contribution is 7.15. The Hall–Kier alpha value is -2.41. The second-order valence-electron chi connectivity index (χ2n) is 5.55. The number of thiazole rings is 1. The van der Waals surface area contributed by atoms with Gasteiger partial charge in [0.25, 0.3) is 5.91 Å². The monoisotopic (exact) mass is 347 g/mol. The zero-order valence-corrected chi connectivity index (χ0v) is 15.0. The number of aryl methyl sites for hydroxylation is 1. The molecule has 1 heterocycles. The fraction of sp³-hybridized carbons (Fsp3) is 0.353. The van der Waals surface area contributed by atoms with Crippen LogP contribution in [0.2, 0.25) is 0 Å². The number of hydrogen-bond donors (Lipinski definition) is 1. The maximum Gasteiger partial charge on any atom is 0.258 e. The summed E-state index contributed by atoms with van der Waals surface area (Å²) in [7, 11) is 1.52. The summed E-state index contributed by atoms with van der Waals surface area (Å²) >= 11 is 1.40. The van der Waals surface area contributed by atoms with Gasteiger partial charge in [0.2, 0.25) is 5.91 Å². The van der Waals surface area contributed by atoms with Crippen LogP contribution in [-0.4, -0.2) is 41.4 Å². The lowest BCUT2D eigenvalue weighted by Crippen LogP contribution is -2.42. The van der Waals surface area contributed by atoms with E-state index in [2.05, 4.69) is 10.3 Å². The molecule has 0 saturated carbocycles. The van der Waals surface area contributed by atoms with E-state index in [0.29, 0.717) is 16.4 Å². The van der Waals surface area contributed by atoms with Crippen molar-refractivity contribution in [3.63, 3.8) is 0 Å². The maximum absolute atomic E-state index is 12.8. The van der Waals surface area contributed by atoms with E-state index in [1.54, 1.807) is 30.5 Å². The summed E-state index contributed by atoms with van der Waals surface area (Å²) in [6, 6.07) is 6.86. The number of anilines is 1. The highest BCUT2D eigenvalue weighted by Gasteiger charge is 2.24. The summed E-state index contributed by atoms with van der Waals surface area (Å²) in [6.07, 6.45) is 1.69. The average molecular weight is 347 g/mol. The number of methoxy groups -OCH3 is 1. The number of benzene rings is 1. The van der Waals surface area contributed by atoms with Gasteiger partial charge in [-0.05, 0) is 32.9 Å². The van der Waals surface area contributed by atoms with Crippen LogP contribution in [0.15, 0.2) is 30.5 Å². The quantitative estimate of drug-likeness (QED) is 0.872. The minimum absolute atomic E-state index is 0.0484. The lowest BCUT2D eigenvalue weighted by Gasteiger charge is -2.26. The Bertz CT molecular complexity index is 727. The molecule has 0 aliphatic heterocycles. The zero-order valence-electron chi connectivity index (χ0n) is 14.2. The lowest BCUT2D eigenvalue weighted by atomic mass is 10.1. The Labute approximate surface area is 145 Å². The molecule has 2 amide bonds. The van der Waals surface area contributed by atoms with Gasteiger partial charge in [0.1, 0.15) is 12.3 Å². The van der Waals surface area contributed by atoms with Crippen molar-refractivity contribution >= 4 is 28.3 Å². The summed E-state index contributed by atoms with van der Waals surface area (Å²) in [5.74, 6) is -0.0293. The van der Waals surface area contributed by atoms with Crippen LogP contribution in [-0.2, 0) is 4.79 Å². The van der Waals surface area contributed by atoms with E-state index >= 15 is 0 Å². The van der Waals surface area contributed by atoms with E-state index in [1.807, 2.05) is 20.8 Å². The van der Waals surface area contributed by atoms with Crippen molar-refractivity contribution in [3.8, 4) is 5.75 Å². The third-order valence-electron chi connectivity index (χ3n) is 3.40. The predicted octanol–water partition coefficient (Wildman–Crippen LogP) is 2.95. The molecule has 0 unspecified atom stereocenters. The number of carbonyl (C=O) groups excluding carboxylic acids is 2.